The molecule has 1 unspecified atom stereocenters. The quantitative estimate of drug-likeness (QED) is 0.552. The Balaban J connectivity index is 2.42. The van der Waals surface area contributed by atoms with Gasteiger partial charge < -0.3 is 0 Å². The Morgan fingerprint density at radius 3 is 2.81 bits per heavy atom. The first-order valence-electron chi connectivity index (χ1n) is 4.59. The molecule has 2 aromatic rings. The number of aromatic nitrogens is 3. The third-order valence-corrected chi connectivity index (χ3v) is 3.52. The Hall–Kier alpha value is -0.140. The van der Waals surface area contributed by atoms with Gasteiger partial charge in [-0.3, -0.25) is 0 Å². The number of hydrogen-bond donors (Lipinski definition) is 0. The fourth-order valence-corrected chi connectivity index (χ4v) is 2.40. The van der Waals surface area contributed by atoms with E-state index < -0.39 is 0 Å². The van der Waals surface area contributed by atoms with Crippen LogP contribution in [-0.2, 0) is 0 Å². The van der Waals surface area contributed by atoms with Crippen molar-refractivity contribution in [2.45, 2.75) is 11.8 Å². The van der Waals surface area contributed by atoms with E-state index in [1.165, 1.54) is 0 Å². The van der Waals surface area contributed by atoms with Crippen LogP contribution in [-0.4, -0.2) is 15.0 Å². The van der Waals surface area contributed by atoms with Crippen LogP contribution in [0, 0.1) is 3.57 Å². The molecule has 84 valence electrons. The molecule has 1 aromatic heterocycles. The van der Waals surface area contributed by atoms with Gasteiger partial charge in [0.25, 0.3) is 0 Å². The lowest BCUT2D eigenvalue weighted by molar-refractivity contribution is 0.797. The van der Waals surface area contributed by atoms with Crippen LogP contribution < -0.4 is 0 Å². The highest BCUT2D eigenvalue weighted by Gasteiger charge is 2.09. The lowest BCUT2D eigenvalue weighted by Crippen LogP contribution is -1.96. The molecule has 1 atom stereocenters. The highest BCUT2D eigenvalue weighted by molar-refractivity contribution is 14.1. The van der Waals surface area contributed by atoms with Crippen LogP contribution in [0.5, 0.6) is 0 Å². The molecule has 0 amide bonds. The summed E-state index contributed by atoms with van der Waals surface area (Å²) in [6.45, 7) is 2.00. The topological polar surface area (TPSA) is 30.7 Å². The minimum absolute atomic E-state index is 0.184. The largest absolute Gasteiger partial charge is 0.219 e. The Kier molecular flexibility index (Phi) is 3.86. The zero-order valence-electron chi connectivity index (χ0n) is 8.36. The average Bonchev–Trinajstić information content (AvgIpc) is 2.66. The lowest BCUT2D eigenvalue weighted by atomic mass is 10.3. The van der Waals surface area contributed by atoms with Gasteiger partial charge in [0.05, 0.1) is 27.4 Å². The molecule has 1 heterocycles. The highest BCUT2D eigenvalue weighted by Crippen LogP contribution is 2.24. The molecule has 2 rings (SSSR count). The Morgan fingerprint density at radius 1 is 1.50 bits per heavy atom. The number of rotatable bonds is 2. The van der Waals surface area contributed by atoms with E-state index in [0.717, 1.165) is 15.0 Å². The standard InChI is InChI=1S/C10H8BrClIN3/c1-6(11)9-5-16(15-14-9)10-3-2-7(13)4-8(10)12/h2-6H,1H3. The molecule has 16 heavy (non-hydrogen) atoms. The zero-order chi connectivity index (χ0) is 11.7. The Morgan fingerprint density at radius 2 is 2.25 bits per heavy atom. The molecule has 0 N–H and O–H groups in total. The first-order valence-corrected chi connectivity index (χ1v) is 6.97. The van der Waals surface area contributed by atoms with Crippen molar-refractivity contribution >= 4 is 50.1 Å². The average molecular weight is 412 g/mol. The molecule has 0 saturated heterocycles. The van der Waals surface area contributed by atoms with E-state index in [2.05, 4.69) is 48.8 Å². The maximum Gasteiger partial charge on any atom is 0.0965 e. The molecule has 0 aliphatic heterocycles. The second-order valence-corrected chi connectivity index (χ2v) is 6.33. The number of benzene rings is 1. The third kappa shape index (κ3) is 2.57. The summed E-state index contributed by atoms with van der Waals surface area (Å²) in [6.07, 6.45) is 1.87. The minimum Gasteiger partial charge on any atom is -0.219 e. The number of nitrogens with zero attached hydrogens (tertiary/aromatic N) is 3. The highest BCUT2D eigenvalue weighted by atomic mass is 127. The van der Waals surface area contributed by atoms with E-state index in [-0.39, 0.29) is 4.83 Å². The summed E-state index contributed by atoms with van der Waals surface area (Å²) in [7, 11) is 0. The van der Waals surface area contributed by atoms with Gasteiger partial charge in [0.15, 0.2) is 0 Å². The van der Waals surface area contributed by atoms with Crippen LogP contribution in [0.1, 0.15) is 17.4 Å². The van der Waals surface area contributed by atoms with Gasteiger partial charge in [-0.2, -0.15) is 0 Å². The minimum atomic E-state index is 0.184. The van der Waals surface area contributed by atoms with Crippen molar-refractivity contribution in [3.8, 4) is 5.69 Å². The summed E-state index contributed by atoms with van der Waals surface area (Å²) in [5, 5.41) is 8.78. The van der Waals surface area contributed by atoms with Crippen LogP contribution in [0.25, 0.3) is 5.69 Å². The van der Waals surface area contributed by atoms with Crippen molar-refractivity contribution in [3.05, 3.63) is 38.7 Å². The van der Waals surface area contributed by atoms with Gasteiger partial charge in [0, 0.05) is 3.57 Å². The van der Waals surface area contributed by atoms with Crippen molar-refractivity contribution in [2.75, 3.05) is 0 Å². The molecular formula is C10H8BrClIN3. The summed E-state index contributed by atoms with van der Waals surface area (Å²) in [6, 6.07) is 5.82. The fraction of sp³-hybridized carbons (Fsp3) is 0.200. The normalized spacial score (nSPS) is 12.8. The van der Waals surface area contributed by atoms with Crippen LogP contribution in [0.2, 0.25) is 5.02 Å². The van der Waals surface area contributed by atoms with E-state index in [1.807, 2.05) is 31.3 Å². The van der Waals surface area contributed by atoms with Crippen LogP contribution in [0.4, 0.5) is 0 Å². The summed E-state index contributed by atoms with van der Waals surface area (Å²) in [5.74, 6) is 0. The fourth-order valence-electron chi connectivity index (χ4n) is 1.24. The smallest absolute Gasteiger partial charge is 0.0965 e. The molecule has 1 aromatic carbocycles. The maximum absolute atomic E-state index is 6.15. The van der Waals surface area contributed by atoms with E-state index >= 15 is 0 Å². The molecule has 0 radical (unpaired) electrons. The van der Waals surface area contributed by atoms with Gasteiger partial charge in [0.1, 0.15) is 0 Å². The number of halogens is 3. The predicted octanol–water partition coefficient (Wildman–Crippen LogP) is 3.98. The van der Waals surface area contributed by atoms with Crippen LogP contribution in [0.15, 0.2) is 24.4 Å². The molecule has 0 fully saturated rings. The van der Waals surface area contributed by atoms with E-state index in [4.69, 9.17) is 11.6 Å². The molecule has 6 heteroatoms. The van der Waals surface area contributed by atoms with Gasteiger partial charge in [-0.25, -0.2) is 4.68 Å². The summed E-state index contributed by atoms with van der Waals surface area (Å²) >= 11 is 11.8. The van der Waals surface area contributed by atoms with Crippen LogP contribution >= 0.6 is 50.1 Å². The molecule has 0 aliphatic rings. The van der Waals surface area contributed by atoms with Crippen LogP contribution in [0.3, 0.4) is 0 Å². The molecule has 0 bridgehead atoms. The summed E-state index contributed by atoms with van der Waals surface area (Å²) in [4.78, 5) is 0.184. The summed E-state index contributed by atoms with van der Waals surface area (Å²) in [5.41, 5.74) is 1.73. The maximum atomic E-state index is 6.15. The van der Waals surface area contributed by atoms with Crippen molar-refractivity contribution in [1.82, 2.24) is 15.0 Å². The van der Waals surface area contributed by atoms with E-state index in [1.54, 1.807) is 4.68 Å². The van der Waals surface area contributed by atoms with Gasteiger partial charge in [0.2, 0.25) is 0 Å². The van der Waals surface area contributed by atoms with Crippen molar-refractivity contribution < 1.29 is 0 Å². The van der Waals surface area contributed by atoms with Gasteiger partial charge in [-0.1, -0.05) is 32.7 Å². The first kappa shape index (κ1) is 12.3. The molecule has 3 nitrogen and oxygen atoms in total. The second kappa shape index (κ2) is 5.01. The van der Waals surface area contributed by atoms with E-state index in [0.29, 0.717) is 5.02 Å². The van der Waals surface area contributed by atoms with Gasteiger partial charge in [-0.15, -0.1) is 5.10 Å². The van der Waals surface area contributed by atoms with Crippen molar-refractivity contribution in [2.24, 2.45) is 0 Å². The lowest BCUT2D eigenvalue weighted by Gasteiger charge is -2.03. The van der Waals surface area contributed by atoms with Gasteiger partial charge >= 0.3 is 0 Å². The second-order valence-electron chi connectivity index (χ2n) is 3.30. The Labute approximate surface area is 120 Å². The van der Waals surface area contributed by atoms with Crippen molar-refractivity contribution in [1.29, 1.82) is 0 Å². The number of hydrogen-bond acceptors (Lipinski definition) is 2. The Bertz CT molecular complexity index is 513. The zero-order valence-corrected chi connectivity index (χ0v) is 12.9. The SMILES string of the molecule is CC(Br)c1cn(-c2ccc(I)cc2Cl)nn1. The molecule has 0 aliphatic carbocycles. The van der Waals surface area contributed by atoms with Crippen molar-refractivity contribution in [3.63, 3.8) is 0 Å². The molecule has 0 spiro atoms. The number of alkyl halides is 1. The molecular weight excluding hydrogens is 404 g/mol. The monoisotopic (exact) mass is 411 g/mol. The predicted molar refractivity (Wildman–Crippen MR) is 76.4 cm³/mol. The summed E-state index contributed by atoms with van der Waals surface area (Å²) < 4.78 is 2.78. The first-order chi connectivity index (χ1) is 7.58. The van der Waals surface area contributed by atoms with E-state index in [9.17, 15) is 0 Å². The third-order valence-electron chi connectivity index (χ3n) is 2.08. The van der Waals surface area contributed by atoms with Gasteiger partial charge in [-0.05, 0) is 47.7 Å². The molecule has 0 saturated carbocycles.